The van der Waals surface area contributed by atoms with Gasteiger partial charge in [-0.15, -0.1) is 0 Å². The molecule has 1 saturated heterocycles. The van der Waals surface area contributed by atoms with Gasteiger partial charge < -0.3 is 19.7 Å². The van der Waals surface area contributed by atoms with Gasteiger partial charge in [-0.1, -0.05) is 18.3 Å². The van der Waals surface area contributed by atoms with Crippen molar-refractivity contribution >= 4 is 41.0 Å². The molecule has 10 heteroatoms. The standard InChI is InChI=1S/C26H34N6O3S/c1-18(13-27-4)36-19(2)24(15-28-20(3)30-21-14-29-31(5)16-21)23-9-8-22(12-25(23)34-6)35-17-26(33)32-10-7-11-32/h8-9,12-14,16H,1,7,10-11,15,17H2,2-6H3,(H,28,30)/b24-19+,27-13-. The summed E-state index contributed by atoms with van der Waals surface area (Å²) in [5.74, 6) is 1.98. The average Bonchev–Trinajstić information content (AvgIpc) is 3.21. The molecule has 9 nitrogen and oxygen atoms in total. The first-order chi connectivity index (χ1) is 17.3. The largest absolute Gasteiger partial charge is 0.496 e. The molecule has 1 aliphatic rings. The van der Waals surface area contributed by atoms with Crippen LogP contribution in [0.2, 0.25) is 0 Å². The number of benzene rings is 1. The number of aliphatic imine (C=N–C) groups is 2. The topological polar surface area (TPSA) is 93.3 Å². The highest BCUT2D eigenvalue weighted by Gasteiger charge is 2.21. The van der Waals surface area contributed by atoms with Gasteiger partial charge in [-0.05, 0) is 42.9 Å². The lowest BCUT2D eigenvalue weighted by atomic mass is 10.0. The Kier molecular flexibility index (Phi) is 9.75. The Morgan fingerprint density at radius 2 is 2.11 bits per heavy atom. The molecule has 2 aromatic rings. The zero-order chi connectivity index (χ0) is 26.1. The number of likely N-dealkylation sites (tertiary alicyclic amines) is 1. The van der Waals surface area contributed by atoms with Crippen LogP contribution in [-0.4, -0.2) is 73.0 Å². The molecule has 1 amide bonds. The quantitative estimate of drug-likeness (QED) is 0.359. The maximum atomic E-state index is 12.2. The van der Waals surface area contributed by atoms with Crippen molar-refractivity contribution in [1.29, 1.82) is 0 Å². The molecule has 0 unspecified atom stereocenters. The third-order valence-electron chi connectivity index (χ3n) is 5.56. The number of carbonyl (C=O) groups is 1. The molecule has 0 radical (unpaired) electrons. The van der Waals surface area contributed by atoms with Gasteiger partial charge in [0.1, 0.15) is 11.5 Å². The van der Waals surface area contributed by atoms with E-state index in [-0.39, 0.29) is 12.5 Å². The molecule has 1 fully saturated rings. The summed E-state index contributed by atoms with van der Waals surface area (Å²) in [4.78, 5) is 24.6. The van der Waals surface area contributed by atoms with E-state index in [0.29, 0.717) is 18.0 Å². The molecule has 1 aromatic carbocycles. The predicted molar refractivity (Wildman–Crippen MR) is 148 cm³/mol. The van der Waals surface area contributed by atoms with Crippen LogP contribution in [0.1, 0.15) is 25.8 Å². The van der Waals surface area contributed by atoms with E-state index in [1.54, 1.807) is 36.2 Å². The first-order valence-electron chi connectivity index (χ1n) is 11.6. The van der Waals surface area contributed by atoms with Crippen molar-refractivity contribution in [1.82, 2.24) is 14.7 Å². The number of aromatic nitrogens is 2. The van der Waals surface area contributed by atoms with Crippen LogP contribution in [-0.2, 0) is 11.8 Å². The van der Waals surface area contributed by atoms with Crippen molar-refractivity contribution in [3.63, 3.8) is 0 Å². The van der Waals surface area contributed by atoms with Gasteiger partial charge in [0.2, 0.25) is 0 Å². The Hall–Kier alpha value is -3.53. The van der Waals surface area contributed by atoms with E-state index in [1.807, 2.05) is 45.3 Å². The predicted octanol–water partition coefficient (Wildman–Crippen LogP) is 4.25. The minimum atomic E-state index is -0.000785. The van der Waals surface area contributed by atoms with Crippen molar-refractivity contribution in [3.05, 3.63) is 52.5 Å². The van der Waals surface area contributed by atoms with E-state index in [9.17, 15) is 4.79 Å². The fourth-order valence-electron chi connectivity index (χ4n) is 3.56. The normalized spacial score (nSPS) is 14.4. The highest BCUT2D eigenvalue weighted by Crippen LogP contribution is 2.37. The summed E-state index contributed by atoms with van der Waals surface area (Å²) >= 11 is 1.53. The number of thioether (sulfide) groups is 1. The van der Waals surface area contributed by atoms with Crippen LogP contribution in [0.25, 0.3) is 5.57 Å². The number of amidine groups is 1. The van der Waals surface area contributed by atoms with Gasteiger partial charge in [0.25, 0.3) is 5.91 Å². The van der Waals surface area contributed by atoms with Crippen molar-refractivity contribution in [2.24, 2.45) is 17.0 Å². The lowest BCUT2D eigenvalue weighted by molar-refractivity contribution is -0.136. The molecule has 1 aromatic heterocycles. The summed E-state index contributed by atoms with van der Waals surface area (Å²) in [6, 6.07) is 5.60. The summed E-state index contributed by atoms with van der Waals surface area (Å²) in [7, 11) is 5.21. The molecule has 0 aliphatic carbocycles. The van der Waals surface area contributed by atoms with Crippen molar-refractivity contribution in [2.45, 2.75) is 20.3 Å². The highest BCUT2D eigenvalue weighted by atomic mass is 32.2. The van der Waals surface area contributed by atoms with Gasteiger partial charge in [-0.25, -0.2) is 0 Å². The zero-order valence-corrected chi connectivity index (χ0v) is 22.4. The number of hydrogen-bond acceptors (Lipinski definition) is 7. The second-order valence-corrected chi connectivity index (χ2v) is 9.65. The Bertz CT molecular complexity index is 1180. The fourth-order valence-corrected chi connectivity index (χ4v) is 4.41. The van der Waals surface area contributed by atoms with Crippen LogP contribution in [0.5, 0.6) is 11.5 Å². The van der Waals surface area contributed by atoms with Crippen LogP contribution in [0.15, 0.2) is 57.0 Å². The van der Waals surface area contributed by atoms with Crippen molar-refractivity contribution in [3.8, 4) is 11.5 Å². The number of aryl methyl sites for hydroxylation is 1. The number of nitrogens with one attached hydrogen (secondary N) is 1. The Morgan fingerprint density at radius 1 is 1.33 bits per heavy atom. The molecule has 0 bridgehead atoms. The Labute approximate surface area is 217 Å². The SMILES string of the molecule is C=C(/C=N\C)S/C(C)=C(\C/N=C(\C)Nc1cnn(C)c1)c1ccc(OCC(=O)N2CCC2)cc1OC. The molecule has 192 valence electrons. The minimum absolute atomic E-state index is 0.000785. The number of allylic oxidation sites excluding steroid dienone is 2. The van der Waals surface area contributed by atoms with Gasteiger partial charge in [0, 0.05) is 56.1 Å². The van der Waals surface area contributed by atoms with Crippen LogP contribution in [0, 0.1) is 0 Å². The molecule has 0 atom stereocenters. The summed E-state index contributed by atoms with van der Waals surface area (Å²) in [6.45, 7) is 10.1. The number of ether oxygens (including phenoxy) is 2. The van der Waals surface area contributed by atoms with Crippen LogP contribution in [0.4, 0.5) is 5.69 Å². The van der Waals surface area contributed by atoms with E-state index in [2.05, 4.69) is 22.0 Å². The maximum absolute atomic E-state index is 12.2. The molecule has 1 N–H and O–H groups in total. The minimum Gasteiger partial charge on any atom is -0.496 e. The van der Waals surface area contributed by atoms with Gasteiger partial charge in [-0.3, -0.25) is 19.5 Å². The first-order valence-corrected chi connectivity index (χ1v) is 12.5. The molecular weight excluding hydrogens is 476 g/mol. The molecule has 3 rings (SSSR count). The van der Waals surface area contributed by atoms with Gasteiger partial charge in [0.15, 0.2) is 6.61 Å². The van der Waals surface area contributed by atoms with Gasteiger partial charge in [0.05, 0.1) is 31.4 Å². The smallest absolute Gasteiger partial charge is 0.260 e. The number of rotatable bonds is 11. The fraction of sp³-hybridized carbons (Fsp3) is 0.385. The number of amides is 1. The molecular formula is C26H34N6O3S. The molecule has 2 heterocycles. The summed E-state index contributed by atoms with van der Waals surface area (Å²) in [6.07, 6.45) is 6.42. The lowest BCUT2D eigenvalue weighted by Gasteiger charge is -2.30. The number of methoxy groups -OCH3 is 1. The van der Waals surface area contributed by atoms with E-state index >= 15 is 0 Å². The molecule has 36 heavy (non-hydrogen) atoms. The van der Waals surface area contributed by atoms with E-state index in [1.165, 1.54) is 11.8 Å². The number of anilines is 1. The monoisotopic (exact) mass is 510 g/mol. The first kappa shape index (κ1) is 27.1. The summed E-state index contributed by atoms with van der Waals surface area (Å²) < 4.78 is 13.2. The Balaban J connectivity index is 1.84. The van der Waals surface area contributed by atoms with Crippen LogP contribution in [0.3, 0.4) is 0 Å². The highest BCUT2D eigenvalue weighted by molar-refractivity contribution is 8.07. The number of hydrogen-bond donors (Lipinski definition) is 1. The lowest BCUT2D eigenvalue weighted by Crippen LogP contribution is -2.44. The third kappa shape index (κ3) is 7.48. The van der Waals surface area contributed by atoms with Crippen molar-refractivity contribution < 1.29 is 14.3 Å². The Morgan fingerprint density at radius 3 is 2.72 bits per heavy atom. The van der Waals surface area contributed by atoms with Crippen LogP contribution >= 0.6 is 11.8 Å². The molecule has 0 saturated carbocycles. The van der Waals surface area contributed by atoms with Crippen molar-refractivity contribution in [2.75, 3.05) is 45.7 Å². The number of carbonyl (C=O) groups excluding carboxylic acids is 1. The average molecular weight is 511 g/mol. The molecule has 0 spiro atoms. The molecule has 1 aliphatic heterocycles. The van der Waals surface area contributed by atoms with E-state index in [0.717, 1.165) is 52.0 Å². The maximum Gasteiger partial charge on any atom is 0.260 e. The summed E-state index contributed by atoms with van der Waals surface area (Å²) in [5.41, 5.74) is 2.75. The zero-order valence-electron chi connectivity index (χ0n) is 21.6. The van der Waals surface area contributed by atoms with Gasteiger partial charge in [-0.2, -0.15) is 5.10 Å². The van der Waals surface area contributed by atoms with E-state index in [4.69, 9.17) is 14.5 Å². The second kappa shape index (κ2) is 13.0. The van der Waals surface area contributed by atoms with Crippen LogP contribution < -0.4 is 14.8 Å². The van der Waals surface area contributed by atoms with Gasteiger partial charge >= 0.3 is 0 Å². The summed E-state index contributed by atoms with van der Waals surface area (Å²) in [5, 5.41) is 7.44. The van der Waals surface area contributed by atoms with E-state index < -0.39 is 0 Å². The third-order valence-corrected chi connectivity index (χ3v) is 6.48. The number of nitrogens with zero attached hydrogens (tertiary/aromatic N) is 5. The second-order valence-electron chi connectivity index (χ2n) is 8.30.